The molecule has 2 amide bonds. The second-order valence-corrected chi connectivity index (χ2v) is 8.83. The summed E-state index contributed by atoms with van der Waals surface area (Å²) in [5, 5.41) is 14.3. The van der Waals surface area contributed by atoms with Crippen LogP contribution in [0.4, 0.5) is 11.4 Å². The lowest BCUT2D eigenvalue weighted by atomic mass is 10.2. The van der Waals surface area contributed by atoms with Crippen LogP contribution in [0, 0.1) is 0 Å². The summed E-state index contributed by atoms with van der Waals surface area (Å²) in [4.78, 5) is 36.6. The van der Waals surface area contributed by atoms with Crippen molar-refractivity contribution < 1.29 is 19.5 Å². The molecule has 0 saturated heterocycles. The Bertz CT molecular complexity index is 1180. The maximum atomic E-state index is 12.5. The number of aromatic carboxylic acids is 1. The number of hydrogen-bond donors (Lipinski definition) is 3. The van der Waals surface area contributed by atoms with Gasteiger partial charge in [-0.25, -0.2) is 4.79 Å². The van der Waals surface area contributed by atoms with Crippen LogP contribution in [0.3, 0.4) is 0 Å². The molecular weight excluding hydrogens is 460 g/mol. The third kappa shape index (κ3) is 7.24. The number of carbonyl (C=O) groups is 3. The lowest BCUT2D eigenvalue weighted by Crippen LogP contribution is -2.22. The van der Waals surface area contributed by atoms with E-state index in [1.54, 1.807) is 31.2 Å². The highest BCUT2D eigenvalue weighted by Gasteiger charge is 2.16. The summed E-state index contributed by atoms with van der Waals surface area (Å²) in [5.74, 6) is -1.68. The Labute approximate surface area is 200 Å². The number of rotatable bonds is 8. The fourth-order valence-corrected chi connectivity index (χ4v) is 3.87. The van der Waals surface area contributed by atoms with Crippen LogP contribution >= 0.6 is 23.4 Å². The molecule has 0 aliphatic rings. The summed E-state index contributed by atoms with van der Waals surface area (Å²) in [6.45, 7) is 1.75. The van der Waals surface area contributed by atoms with Crippen molar-refractivity contribution in [2.24, 2.45) is 0 Å². The Kier molecular flexibility index (Phi) is 8.29. The Hall–Kier alpha value is -3.55. The van der Waals surface area contributed by atoms with Crippen LogP contribution < -0.4 is 10.6 Å². The molecule has 0 spiro atoms. The van der Waals surface area contributed by atoms with Crippen LogP contribution in [-0.2, 0) is 9.59 Å². The van der Waals surface area contributed by atoms with Crippen LogP contribution in [0.1, 0.15) is 22.8 Å². The number of thioether (sulfide) groups is 1. The van der Waals surface area contributed by atoms with Crippen molar-refractivity contribution in [3.8, 4) is 0 Å². The first-order chi connectivity index (χ1) is 15.8. The van der Waals surface area contributed by atoms with Crippen molar-refractivity contribution in [3.63, 3.8) is 0 Å². The summed E-state index contributed by atoms with van der Waals surface area (Å²) < 4.78 is 0. The third-order valence-corrected chi connectivity index (χ3v) is 5.94. The second kappa shape index (κ2) is 11.4. The van der Waals surface area contributed by atoms with Crippen molar-refractivity contribution in [2.75, 3.05) is 10.6 Å². The molecule has 0 saturated carbocycles. The van der Waals surface area contributed by atoms with Crippen molar-refractivity contribution in [1.82, 2.24) is 0 Å². The van der Waals surface area contributed by atoms with Gasteiger partial charge in [-0.2, -0.15) is 0 Å². The highest BCUT2D eigenvalue weighted by Crippen LogP contribution is 2.26. The molecule has 3 rings (SSSR count). The topological polar surface area (TPSA) is 95.5 Å². The first kappa shape index (κ1) is 24.1. The molecule has 3 N–H and O–H groups in total. The fourth-order valence-electron chi connectivity index (χ4n) is 2.81. The summed E-state index contributed by atoms with van der Waals surface area (Å²) in [7, 11) is 0. The molecule has 0 aliphatic carbocycles. The maximum absolute atomic E-state index is 12.5. The molecule has 0 radical (unpaired) electrons. The zero-order valence-electron chi connectivity index (χ0n) is 17.6. The Morgan fingerprint density at radius 3 is 2.27 bits per heavy atom. The Morgan fingerprint density at radius 2 is 1.61 bits per heavy atom. The summed E-state index contributed by atoms with van der Waals surface area (Å²) in [5.41, 5.74) is 1.85. The van der Waals surface area contributed by atoms with Gasteiger partial charge in [-0.3, -0.25) is 9.59 Å². The van der Waals surface area contributed by atoms with Gasteiger partial charge >= 0.3 is 5.97 Å². The number of halogens is 1. The average molecular weight is 481 g/mol. The molecule has 8 heteroatoms. The van der Waals surface area contributed by atoms with Gasteiger partial charge in [0.15, 0.2) is 0 Å². The van der Waals surface area contributed by atoms with Crippen LogP contribution in [0.15, 0.2) is 83.8 Å². The SMILES string of the molecule is CC(Sc1ccc(NC(=O)/C=C/c2ccccc2)cc1)C(=O)Nc1ccc(Cl)c(C(=O)O)c1. The second-order valence-electron chi connectivity index (χ2n) is 7.01. The number of nitrogens with one attached hydrogen (secondary N) is 2. The zero-order chi connectivity index (χ0) is 23.8. The van der Waals surface area contributed by atoms with E-state index in [-0.39, 0.29) is 22.4 Å². The summed E-state index contributed by atoms with van der Waals surface area (Å²) in [6.07, 6.45) is 3.21. The molecule has 33 heavy (non-hydrogen) atoms. The van der Waals surface area contributed by atoms with Crippen molar-refractivity contribution in [1.29, 1.82) is 0 Å². The number of benzene rings is 3. The Morgan fingerprint density at radius 1 is 0.939 bits per heavy atom. The fraction of sp³-hybridized carbons (Fsp3) is 0.0800. The number of amides is 2. The van der Waals surface area contributed by atoms with Crippen LogP contribution in [0.2, 0.25) is 5.02 Å². The number of carbonyl (C=O) groups excluding carboxylic acids is 2. The van der Waals surface area contributed by atoms with Crippen molar-refractivity contribution in [2.45, 2.75) is 17.1 Å². The zero-order valence-corrected chi connectivity index (χ0v) is 19.2. The molecule has 1 atom stereocenters. The lowest BCUT2D eigenvalue weighted by molar-refractivity contribution is -0.115. The lowest BCUT2D eigenvalue weighted by Gasteiger charge is -2.13. The van der Waals surface area contributed by atoms with Gasteiger partial charge in [-0.15, -0.1) is 11.8 Å². The van der Waals surface area contributed by atoms with Gasteiger partial charge in [0, 0.05) is 22.3 Å². The van der Waals surface area contributed by atoms with Crippen LogP contribution in [-0.4, -0.2) is 28.1 Å². The van der Waals surface area contributed by atoms with Gasteiger partial charge in [0.25, 0.3) is 0 Å². The maximum Gasteiger partial charge on any atom is 0.337 e. The molecule has 0 heterocycles. The molecule has 0 aromatic heterocycles. The number of carboxylic acid groups (broad SMARTS) is 1. The van der Waals surface area contributed by atoms with E-state index in [1.165, 1.54) is 30.0 Å². The minimum absolute atomic E-state index is 0.0778. The molecule has 168 valence electrons. The van der Waals surface area contributed by atoms with E-state index in [0.29, 0.717) is 11.4 Å². The monoisotopic (exact) mass is 480 g/mol. The smallest absolute Gasteiger partial charge is 0.337 e. The van der Waals surface area contributed by atoms with E-state index in [0.717, 1.165) is 10.5 Å². The minimum Gasteiger partial charge on any atom is -0.478 e. The standard InChI is InChI=1S/C25H21ClN2O4S/c1-16(24(30)28-19-10-13-22(26)21(15-19)25(31)32)33-20-11-8-18(9-12-20)27-23(29)14-7-17-5-3-2-4-6-17/h2-16H,1H3,(H,27,29)(H,28,30)(H,31,32)/b14-7+. The first-order valence-electron chi connectivity index (χ1n) is 9.96. The third-order valence-electron chi connectivity index (χ3n) is 4.49. The summed E-state index contributed by atoms with van der Waals surface area (Å²) >= 11 is 7.20. The van der Waals surface area contributed by atoms with Crippen LogP contribution in [0.5, 0.6) is 0 Å². The molecule has 0 fully saturated rings. The van der Waals surface area contributed by atoms with Gasteiger partial charge in [-0.1, -0.05) is 41.9 Å². The van der Waals surface area contributed by atoms with Crippen molar-refractivity contribution >= 4 is 58.6 Å². The first-order valence-corrected chi connectivity index (χ1v) is 11.2. The van der Waals surface area contributed by atoms with E-state index in [9.17, 15) is 14.4 Å². The van der Waals surface area contributed by atoms with E-state index in [4.69, 9.17) is 16.7 Å². The number of carboxylic acids is 1. The molecular formula is C25H21ClN2O4S. The average Bonchev–Trinajstić information content (AvgIpc) is 2.80. The van der Waals surface area contributed by atoms with E-state index < -0.39 is 11.2 Å². The van der Waals surface area contributed by atoms with Crippen molar-refractivity contribution in [3.05, 3.63) is 95.0 Å². The molecule has 3 aromatic rings. The molecule has 1 unspecified atom stereocenters. The number of hydrogen-bond acceptors (Lipinski definition) is 4. The van der Waals surface area contributed by atoms with Gasteiger partial charge in [0.2, 0.25) is 11.8 Å². The molecule has 6 nitrogen and oxygen atoms in total. The van der Waals surface area contributed by atoms with Crippen LogP contribution in [0.25, 0.3) is 6.08 Å². The number of anilines is 2. The highest BCUT2D eigenvalue weighted by atomic mass is 35.5. The predicted octanol–water partition coefficient (Wildman–Crippen LogP) is 5.81. The molecule has 0 bridgehead atoms. The molecule has 3 aromatic carbocycles. The summed E-state index contributed by atoms with van der Waals surface area (Å²) in [6, 6.07) is 21.0. The highest BCUT2D eigenvalue weighted by molar-refractivity contribution is 8.00. The predicted molar refractivity (Wildman–Crippen MR) is 133 cm³/mol. The van der Waals surface area contributed by atoms with Gasteiger partial charge < -0.3 is 15.7 Å². The quantitative estimate of drug-likeness (QED) is 0.279. The van der Waals surface area contributed by atoms with Gasteiger partial charge in [-0.05, 0) is 61.0 Å². The van der Waals surface area contributed by atoms with E-state index >= 15 is 0 Å². The minimum atomic E-state index is -1.17. The van der Waals surface area contributed by atoms with Gasteiger partial charge in [0.1, 0.15) is 0 Å². The van der Waals surface area contributed by atoms with E-state index in [2.05, 4.69) is 10.6 Å². The van der Waals surface area contributed by atoms with E-state index in [1.807, 2.05) is 42.5 Å². The largest absolute Gasteiger partial charge is 0.478 e. The molecule has 0 aliphatic heterocycles. The Balaban J connectivity index is 1.54. The normalized spacial score (nSPS) is 11.7. The van der Waals surface area contributed by atoms with Gasteiger partial charge in [0.05, 0.1) is 15.8 Å².